The van der Waals surface area contributed by atoms with Crippen molar-refractivity contribution in [2.24, 2.45) is 0 Å². The lowest BCUT2D eigenvalue weighted by molar-refractivity contribution is 0.175. The Bertz CT molecular complexity index is 325. The highest BCUT2D eigenvalue weighted by Gasteiger charge is 2.34. The van der Waals surface area contributed by atoms with Crippen LogP contribution in [0.5, 0.6) is 0 Å². The van der Waals surface area contributed by atoms with Crippen LogP contribution in [0, 0.1) is 0 Å². The second kappa shape index (κ2) is 3.56. The molecule has 1 atom stereocenters. The van der Waals surface area contributed by atoms with Crippen LogP contribution in [-0.4, -0.2) is 11.6 Å². The molecule has 0 aromatic heterocycles. The smallest absolute Gasteiger partial charge is 0.0408 e. The van der Waals surface area contributed by atoms with Crippen molar-refractivity contribution in [3.8, 4) is 0 Å². The molecule has 1 nitrogen and oxygen atoms in total. The van der Waals surface area contributed by atoms with E-state index in [0.717, 1.165) is 11.4 Å². The Labute approximate surface area is 90.5 Å². The summed E-state index contributed by atoms with van der Waals surface area (Å²) in [5, 5.41) is 4.38. The van der Waals surface area contributed by atoms with E-state index in [1.807, 2.05) is 12.1 Å². The second-order valence-electron chi connectivity index (χ2n) is 4.76. The summed E-state index contributed by atoms with van der Waals surface area (Å²) in [7, 11) is 0. The molecule has 1 aliphatic rings. The monoisotopic (exact) mass is 209 g/mol. The number of benzene rings is 1. The first-order valence-corrected chi connectivity index (χ1v) is 5.45. The maximum Gasteiger partial charge on any atom is 0.0408 e. The van der Waals surface area contributed by atoms with Gasteiger partial charge in [-0.3, -0.25) is 0 Å². The maximum atomic E-state index is 5.93. The molecule has 2 heteroatoms. The Morgan fingerprint density at radius 2 is 2.21 bits per heavy atom. The minimum Gasteiger partial charge on any atom is -0.309 e. The Morgan fingerprint density at radius 1 is 1.50 bits per heavy atom. The van der Waals surface area contributed by atoms with Gasteiger partial charge in [-0.15, -0.1) is 0 Å². The van der Waals surface area contributed by atoms with Gasteiger partial charge in [0.2, 0.25) is 0 Å². The van der Waals surface area contributed by atoms with Gasteiger partial charge < -0.3 is 5.32 Å². The molecule has 1 heterocycles. The molecular weight excluding hydrogens is 194 g/mol. The summed E-state index contributed by atoms with van der Waals surface area (Å²) in [4.78, 5) is 0. The molecule has 0 amide bonds. The first kappa shape index (κ1) is 10.0. The van der Waals surface area contributed by atoms with Crippen LogP contribution >= 0.6 is 11.6 Å². The zero-order chi connectivity index (χ0) is 10.2. The molecule has 0 aliphatic carbocycles. The van der Waals surface area contributed by atoms with Gasteiger partial charge in [0.25, 0.3) is 0 Å². The molecule has 1 aromatic carbocycles. The van der Waals surface area contributed by atoms with Gasteiger partial charge in [-0.25, -0.2) is 0 Å². The van der Waals surface area contributed by atoms with E-state index in [1.54, 1.807) is 0 Å². The Kier molecular flexibility index (Phi) is 2.54. The fourth-order valence-electron chi connectivity index (χ4n) is 2.22. The fraction of sp³-hybridized carbons (Fsp3) is 0.500. The van der Waals surface area contributed by atoms with Crippen molar-refractivity contribution < 1.29 is 0 Å². The van der Waals surface area contributed by atoms with E-state index < -0.39 is 0 Å². The molecule has 0 spiro atoms. The molecule has 76 valence electrons. The lowest BCUT2D eigenvalue weighted by Crippen LogP contribution is -2.60. The van der Waals surface area contributed by atoms with E-state index in [-0.39, 0.29) is 0 Å². The van der Waals surface area contributed by atoms with E-state index >= 15 is 0 Å². The zero-order valence-electron chi connectivity index (χ0n) is 8.68. The predicted octanol–water partition coefficient (Wildman–Crippen LogP) is 3.02. The summed E-state index contributed by atoms with van der Waals surface area (Å²) >= 11 is 5.93. The third-order valence-electron chi connectivity index (χ3n) is 2.72. The van der Waals surface area contributed by atoms with E-state index in [2.05, 4.69) is 31.3 Å². The summed E-state index contributed by atoms with van der Waals surface area (Å²) in [6.45, 7) is 4.48. The van der Waals surface area contributed by atoms with Crippen LogP contribution in [0.15, 0.2) is 24.3 Å². The van der Waals surface area contributed by atoms with Crippen LogP contribution in [0.1, 0.15) is 25.8 Å². The first-order chi connectivity index (χ1) is 6.55. The van der Waals surface area contributed by atoms with Gasteiger partial charge in [-0.05, 0) is 44.4 Å². The second-order valence-corrected chi connectivity index (χ2v) is 5.20. The van der Waals surface area contributed by atoms with Crippen molar-refractivity contribution in [1.29, 1.82) is 0 Å². The van der Waals surface area contributed by atoms with Gasteiger partial charge >= 0.3 is 0 Å². The quantitative estimate of drug-likeness (QED) is 0.790. The van der Waals surface area contributed by atoms with Crippen molar-refractivity contribution in [2.45, 2.75) is 38.3 Å². The number of hydrogen-bond donors (Lipinski definition) is 1. The van der Waals surface area contributed by atoms with Crippen LogP contribution in [0.3, 0.4) is 0 Å². The largest absolute Gasteiger partial charge is 0.309 e. The van der Waals surface area contributed by atoms with Gasteiger partial charge in [0.1, 0.15) is 0 Å². The van der Waals surface area contributed by atoms with Gasteiger partial charge in [-0.1, -0.05) is 23.7 Å². The molecule has 1 N–H and O–H groups in total. The van der Waals surface area contributed by atoms with Crippen molar-refractivity contribution in [3.63, 3.8) is 0 Å². The first-order valence-electron chi connectivity index (χ1n) is 5.07. The van der Waals surface area contributed by atoms with E-state index in [1.165, 1.54) is 12.0 Å². The Balaban J connectivity index is 1.93. The molecule has 0 bridgehead atoms. The van der Waals surface area contributed by atoms with Crippen LogP contribution < -0.4 is 5.32 Å². The molecule has 1 aromatic rings. The van der Waals surface area contributed by atoms with Crippen molar-refractivity contribution in [2.75, 3.05) is 0 Å². The maximum absolute atomic E-state index is 5.93. The highest BCUT2D eigenvalue weighted by Crippen LogP contribution is 2.26. The lowest BCUT2D eigenvalue weighted by Gasteiger charge is -2.44. The molecular formula is C12H16ClN. The standard InChI is InChI=1S/C12H16ClN/c1-12(2)8-11(14-12)7-9-4-3-5-10(13)6-9/h3-6,11,14H,7-8H2,1-2H3. The zero-order valence-corrected chi connectivity index (χ0v) is 9.43. The number of rotatable bonds is 2. The third kappa shape index (κ3) is 2.28. The van der Waals surface area contributed by atoms with Crippen LogP contribution in [0.2, 0.25) is 5.02 Å². The van der Waals surface area contributed by atoms with Crippen LogP contribution in [0.4, 0.5) is 0 Å². The summed E-state index contributed by atoms with van der Waals surface area (Å²) in [6.07, 6.45) is 2.34. The normalized spacial score (nSPS) is 24.4. The average molecular weight is 210 g/mol. The van der Waals surface area contributed by atoms with Gasteiger partial charge in [-0.2, -0.15) is 0 Å². The lowest BCUT2D eigenvalue weighted by atomic mass is 9.82. The molecule has 0 saturated carbocycles. The summed E-state index contributed by atoms with van der Waals surface area (Å²) < 4.78 is 0. The topological polar surface area (TPSA) is 12.0 Å². The third-order valence-corrected chi connectivity index (χ3v) is 2.96. The SMILES string of the molecule is CC1(C)CC(Cc2cccc(Cl)c2)N1. The molecule has 1 saturated heterocycles. The fourth-order valence-corrected chi connectivity index (χ4v) is 2.43. The van der Waals surface area contributed by atoms with E-state index in [0.29, 0.717) is 11.6 Å². The number of hydrogen-bond acceptors (Lipinski definition) is 1. The average Bonchev–Trinajstić information content (AvgIpc) is 2.00. The van der Waals surface area contributed by atoms with Crippen LogP contribution in [-0.2, 0) is 6.42 Å². The predicted molar refractivity (Wildman–Crippen MR) is 60.8 cm³/mol. The summed E-state index contributed by atoms with van der Waals surface area (Å²) in [5.41, 5.74) is 1.66. The molecule has 1 aliphatic heterocycles. The summed E-state index contributed by atoms with van der Waals surface area (Å²) in [5.74, 6) is 0. The molecule has 1 unspecified atom stereocenters. The van der Waals surface area contributed by atoms with Crippen molar-refractivity contribution >= 4 is 11.6 Å². The van der Waals surface area contributed by atoms with Crippen molar-refractivity contribution in [1.82, 2.24) is 5.32 Å². The minimum atomic E-state index is 0.337. The summed E-state index contributed by atoms with van der Waals surface area (Å²) in [6, 6.07) is 8.75. The molecule has 1 fully saturated rings. The Morgan fingerprint density at radius 3 is 2.79 bits per heavy atom. The van der Waals surface area contributed by atoms with Gasteiger partial charge in [0.05, 0.1) is 0 Å². The molecule has 2 rings (SSSR count). The number of nitrogens with one attached hydrogen (secondary N) is 1. The van der Waals surface area contributed by atoms with Gasteiger partial charge in [0.15, 0.2) is 0 Å². The van der Waals surface area contributed by atoms with E-state index in [9.17, 15) is 0 Å². The van der Waals surface area contributed by atoms with Crippen molar-refractivity contribution in [3.05, 3.63) is 34.9 Å². The Hall–Kier alpha value is -0.530. The minimum absolute atomic E-state index is 0.337. The highest BCUT2D eigenvalue weighted by molar-refractivity contribution is 6.30. The van der Waals surface area contributed by atoms with Gasteiger partial charge in [0, 0.05) is 16.6 Å². The van der Waals surface area contributed by atoms with E-state index in [4.69, 9.17) is 11.6 Å². The van der Waals surface area contributed by atoms with Crippen LogP contribution in [0.25, 0.3) is 0 Å². The highest BCUT2D eigenvalue weighted by atomic mass is 35.5. The molecule has 0 radical (unpaired) electrons. The molecule has 14 heavy (non-hydrogen) atoms. The number of halogens is 1.